The standard InChI is InChI=1S/C18H34O/c1-5-6-7-8-9-10-12-18(19)16(2,3)15-11-13-17(18,4)14-15/h15,19H,5-14H2,1-4H3. The molecule has 0 amide bonds. The van der Waals surface area contributed by atoms with E-state index < -0.39 is 5.60 Å². The van der Waals surface area contributed by atoms with Crippen molar-refractivity contribution in [3.63, 3.8) is 0 Å². The van der Waals surface area contributed by atoms with Crippen LogP contribution in [0.15, 0.2) is 0 Å². The minimum Gasteiger partial charge on any atom is -0.389 e. The molecule has 0 aromatic rings. The summed E-state index contributed by atoms with van der Waals surface area (Å²) in [4.78, 5) is 0. The van der Waals surface area contributed by atoms with Crippen LogP contribution in [0.4, 0.5) is 0 Å². The van der Waals surface area contributed by atoms with Crippen LogP contribution in [-0.4, -0.2) is 10.7 Å². The molecule has 2 bridgehead atoms. The second-order valence-electron chi connectivity index (χ2n) is 8.10. The van der Waals surface area contributed by atoms with E-state index in [1.807, 2.05) is 0 Å². The lowest BCUT2D eigenvalue weighted by Gasteiger charge is -2.51. The van der Waals surface area contributed by atoms with Crippen molar-refractivity contribution in [3.8, 4) is 0 Å². The normalized spacial score (nSPS) is 39.9. The number of hydrogen-bond acceptors (Lipinski definition) is 1. The Labute approximate surface area is 120 Å². The van der Waals surface area contributed by atoms with Crippen molar-refractivity contribution in [1.29, 1.82) is 0 Å². The third-order valence-electron chi connectivity index (χ3n) is 6.72. The smallest absolute Gasteiger partial charge is 0.0754 e. The van der Waals surface area contributed by atoms with E-state index in [4.69, 9.17) is 0 Å². The summed E-state index contributed by atoms with van der Waals surface area (Å²) in [5, 5.41) is 11.4. The maximum absolute atomic E-state index is 11.4. The molecule has 1 nitrogen and oxygen atoms in total. The minimum absolute atomic E-state index is 0.128. The average Bonchev–Trinajstić information content (AvgIpc) is 2.82. The van der Waals surface area contributed by atoms with Crippen LogP contribution >= 0.6 is 0 Å². The maximum Gasteiger partial charge on any atom is 0.0754 e. The van der Waals surface area contributed by atoms with Crippen molar-refractivity contribution >= 4 is 0 Å². The Morgan fingerprint density at radius 3 is 2.21 bits per heavy atom. The largest absolute Gasteiger partial charge is 0.389 e. The molecule has 2 aliphatic rings. The first-order valence-corrected chi connectivity index (χ1v) is 8.60. The number of rotatable bonds is 7. The first kappa shape index (κ1) is 15.4. The number of unbranched alkanes of at least 4 members (excludes halogenated alkanes) is 5. The Morgan fingerprint density at radius 2 is 1.63 bits per heavy atom. The summed E-state index contributed by atoms with van der Waals surface area (Å²) in [5.41, 5.74) is -0.0817. The van der Waals surface area contributed by atoms with Crippen molar-refractivity contribution in [2.75, 3.05) is 0 Å². The molecule has 112 valence electrons. The highest BCUT2D eigenvalue weighted by atomic mass is 16.3. The van der Waals surface area contributed by atoms with Gasteiger partial charge in [-0.3, -0.25) is 0 Å². The van der Waals surface area contributed by atoms with Crippen molar-refractivity contribution in [3.05, 3.63) is 0 Å². The second kappa shape index (κ2) is 5.39. The summed E-state index contributed by atoms with van der Waals surface area (Å²) in [6, 6.07) is 0. The lowest BCUT2D eigenvalue weighted by atomic mass is 9.58. The van der Waals surface area contributed by atoms with E-state index in [1.165, 1.54) is 57.8 Å². The van der Waals surface area contributed by atoms with Gasteiger partial charge in [0.05, 0.1) is 5.60 Å². The van der Waals surface area contributed by atoms with Gasteiger partial charge in [0.2, 0.25) is 0 Å². The molecule has 0 heterocycles. The molecule has 2 aliphatic carbocycles. The molecule has 0 saturated heterocycles. The molecule has 2 fully saturated rings. The van der Waals surface area contributed by atoms with E-state index in [1.54, 1.807) is 0 Å². The van der Waals surface area contributed by atoms with Gasteiger partial charge in [-0.2, -0.15) is 0 Å². The summed E-state index contributed by atoms with van der Waals surface area (Å²) in [6.07, 6.45) is 12.8. The maximum atomic E-state index is 11.4. The van der Waals surface area contributed by atoms with E-state index >= 15 is 0 Å². The SMILES string of the molecule is CCCCCCCCC1(O)C2(C)CCC(C2)C1(C)C. The van der Waals surface area contributed by atoms with E-state index in [-0.39, 0.29) is 10.8 Å². The van der Waals surface area contributed by atoms with E-state index in [0.717, 1.165) is 12.3 Å². The van der Waals surface area contributed by atoms with Gasteiger partial charge in [0.15, 0.2) is 0 Å². The fraction of sp³-hybridized carbons (Fsp3) is 1.00. The molecule has 0 radical (unpaired) electrons. The summed E-state index contributed by atoms with van der Waals surface area (Å²) >= 11 is 0. The summed E-state index contributed by atoms with van der Waals surface area (Å²) in [7, 11) is 0. The molecule has 0 aliphatic heterocycles. The molecule has 2 rings (SSSR count). The zero-order valence-electron chi connectivity index (χ0n) is 13.6. The molecular formula is C18H34O. The van der Waals surface area contributed by atoms with Crippen LogP contribution in [0, 0.1) is 16.7 Å². The van der Waals surface area contributed by atoms with Gasteiger partial charge < -0.3 is 5.11 Å². The molecule has 1 N–H and O–H groups in total. The Hall–Kier alpha value is -0.0400. The zero-order chi connectivity index (χ0) is 14.1. The topological polar surface area (TPSA) is 20.2 Å². The lowest BCUT2D eigenvalue weighted by molar-refractivity contribution is -0.148. The lowest BCUT2D eigenvalue weighted by Crippen LogP contribution is -2.53. The predicted octanol–water partition coefficient (Wildman–Crippen LogP) is 5.31. The Balaban J connectivity index is 1.87. The Bertz CT molecular complexity index is 302. The highest BCUT2D eigenvalue weighted by Crippen LogP contribution is 2.69. The van der Waals surface area contributed by atoms with Gasteiger partial charge in [0, 0.05) is 0 Å². The van der Waals surface area contributed by atoms with E-state index in [9.17, 15) is 5.11 Å². The van der Waals surface area contributed by atoms with Gasteiger partial charge in [-0.15, -0.1) is 0 Å². The van der Waals surface area contributed by atoms with Gasteiger partial charge in [-0.25, -0.2) is 0 Å². The predicted molar refractivity (Wildman–Crippen MR) is 82.2 cm³/mol. The first-order chi connectivity index (χ1) is 8.87. The van der Waals surface area contributed by atoms with Crippen LogP contribution in [0.1, 0.15) is 91.9 Å². The fourth-order valence-corrected chi connectivity index (χ4v) is 5.13. The number of aliphatic hydroxyl groups is 1. The Kier molecular flexibility index (Phi) is 4.35. The van der Waals surface area contributed by atoms with Gasteiger partial charge in [0.25, 0.3) is 0 Å². The van der Waals surface area contributed by atoms with E-state index in [2.05, 4.69) is 27.7 Å². The highest BCUT2D eigenvalue weighted by Gasteiger charge is 2.67. The number of hydrogen-bond donors (Lipinski definition) is 1. The second-order valence-corrected chi connectivity index (χ2v) is 8.10. The van der Waals surface area contributed by atoms with Crippen LogP contribution in [0.2, 0.25) is 0 Å². The quantitative estimate of drug-likeness (QED) is 0.619. The Morgan fingerprint density at radius 1 is 1.00 bits per heavy atom. The molecule has 19 heavy (non-hydrogen) atoms. The summed E-state index contributed by atoms with van der Waals surface area (Å²) in [5.74, 6) is 0.752. The third-order valence-corrected chi connectivity index (χ3v) is 6.72. The molecule has 0 aromatic carbocycles. The third kappa shape index (κ3) is 2.37. The average molecular weight is 266 g/mol. The minimum atomic E-state index is -0.409. The van der Waals surface area contributed by atoms with Gasteiger partial charge in [-0.05, 0) is 42.4 Å². The molecule has 3 atom stereocenters. The van der Waals surface area contributed by atoms with Crippen LogP contribution in [-0.2, 0) is 0 Å². The first-order valence-electron chi connectivity index (χ1n) is 8.60. The highest BCUT2D eigenvalue weighted by molar-refractivity contribution is 5.17. The van der Waals surface area contributed by atoms with Crippen LogP contribution in [0.25, 0.3) is 0 Å². The molecule has 0 spiro atoms. The monoisotopic (exact) mass is 266 g/mol. The van der Waals surface area contributed by atoms with Crippen molar-refractivity contribution in [2.24, 2.45) is 16.7 Å². The molecule has 1 heteroatoms. The molecule has 3 unspecified atom stereocenters. The fourth-order valence-electron chi connectivity index (χ4n) is 5.13. The molecule has 2 saturated carbocycles. The number of fused-ring (bicyclic) bond motifs is 2. The van der Waals surface area contributed by atoms with Crippen LogP contribution in [0.3, 0.4) is 0 Å². The van der Waals surface area contributed by atoms with Crippen molar-refractivity contribution < 1.29 is 5.11 Å². The van der Waals surface area contributed by atoms with Gasteiger partial charge in [-0.1, -0.05) is 66.2 Å². The zero-order valence-corrected chi connectivity index (χ0v) is 13.6. The summed E-state index contributed by atoms with van der Waals surface area (Å²) < 4.78 is 0. The molecular weight excluding hydrogens is 232 g/mol. The van der Waals surface area contributed by atoms with Crippen LogP contribution < -0.4 is 0 Å². The summed E-state index contributed by atoms with van der Waals surface area (Å²) in [6.45, 7) is 9.25. The van der Waals surface area contributed by atoms with Gasteiger partial charge >= 0.3 is 0 Å². The van der Waals surface area contributed by atoms with E-state index in [0.29, 0.717) is 0 Å². The van der Waals surface area contributed by atoms with Crippen LogP contribution in [0.5, 0.6) is 0 Å². The molecule has 0 aromatic heterocycles. The van der Waals surface area contributed by atoms with Crippen molar-refractivity contribution in [1.82, 2.24) is 0 Å². The van der Waals surface area contributed by atoms with Crippen molar-refractivity contribution in [2.45, 2.75) is 97.5 Å². The van der Waals surface area contributed by atoms with Gasteiger partial charge in [0.1, 0.15) is 0 Å².